The fourth-order valence-electron chi connectivity index (χ4n) is 5.15. The number of nitrogens with zero attached hydrogens (tertiary/aromatic N) is 4. The SMILES string of the molecule is FC(F)(F)c1ccc(-c2csc(N3N=C(c4ccc(N5CCCCC5)cc4)CC3c3ccc(Cl)cc3)n2)cc1. The van der Waals surface area contributed by atoms with Crippen LogP contribution in [0.1, 0.15) is 48.4 Å². The molecule has 2 aliphatic rings. The van der Waals surface area contributed by atoms with Gasteiger partial charge in [-0.2, -0.15) is 18.3 Å². The topological polar surface area (TPSA) is 31.7 Å². The summed E-state index contributed by atoms with van der Waals surface area (Å²) in [5.41, 5.74) is 4.91. The summed E-state index contributed by atoms with van der Waals surface area (Å²) < 4.78 is 39.0. The molecule has 1 unspecified atom stereocenters. The van der Waals surface area contributed by atoms with E-state index >= 15 is 0 Å². The van der Waals surface area contributed by atoms with Crippen LogP contribution in [0, 0.1) is 0 Å². The number of hydrogen-bond donors (Lipinski definition) is 0. The molecule has 2 aliphatic heterocycles. The van der Waals surface area contributed by atoms with Crippen molar-refractivity contribution in [1.82, 2.24) is 4.98 Å². The number of piperidine rings is 1. The van der Waals surface area contributed by atoms with Crippen LogP contribution in [-0.4, -0.2) is 23.8 Å². The first-order valence-electron chi connectivity index (χ1n) is 13.0. The van der Waals surface area contributed by atoms with Gasteiger partial charge in [0.2, 0.25) is 5.13 Å². The Labute approximate surface area is 234 Å². The molecule has 39 heavy (non-hydrogen) atoms. The Kier molecular flexibility index (Phi) is 7.08. The average Bonchev–Trinajstić information content (AvgIpc) is 3.62. The molecule has 1 fully saturated rings. The molecule has 3 aromatic carbocycles. The molecule has 0 aliphatic carbocycles. The summed E-state index contributed by atoms with van der Waals surface area (Å²) in [6.07, 6.45) is 0.0810. The van der Waals surface area contributed by atoms with Crippen molar-refractivity contribution in [2.24, 2.45) is 5.10 Å². The maximum atomic E-state index is 13.0. The van der Waals surface area contributed by atoms with Gasteiger partial charge >= 0.3 is 6.18 Å². The third kappa shape index (κ3) is 5.54. The third-order valence-corrected chi connectivity index (χ3v) is 8.37. The van der Waals surface area contributed by atoms with Crippen molar-refractivity contribution < 1.29 is 13.2 Å². The Balaban J connectivity index is 1.30. The van der Waals surface area contributed by atoms with Crippen LogP contribution in [-0.2, 0) is 6.18 Å². The first kappa shape index (κ1) is 25.9. The molecule has 0 spiro atoms. The number of hydrazone groups is 1. The second kappa shape index (κ2) is 10.7. The van der Waals surface area contributed by atoms with Gasteiger partial charge in [-0.3, -0.25) is 0 Å². The number of hydrogen-bond acceptors (Lipinski definition) is 5. The van der Waals surface area contributed by atoms with Crippen molar-refractivity contribution in [3.8, 4) is 11.3 Å². The highest BCUT2D eigenvalue weighted by Crippen LogP contribution is 2.40. The summed E-state index contributed by atoms with van der Waals surface area (Å²) >= 11 is 7.58. The fourth-order valence-corrected chi connectivity index (χ4v) is 6.11. The Morgan fingerprint density at radius 1 is 0.821 bits per heavy atom. The zero-order chi connectivity index (χ0) is 27.0. The number of aromatic nitrogens is 1. The first-order valence-corrected chi connectivity index (χ1v) is 14.2. The molecule has 9 heteroatoms. The number of alkyl halides is 3. The molecule has 1 atom stereocenters. The van der Waals surface area contributed by atoms with E-state index in [-0.39, 0.29) is 6.04 Å². The molecule has 200 valence electrons. The highest BCUT2D eigenvalue weighted by atomic mass is 35.5. The molecular weight excluding hydrogens is 541 g/mol. The number of benzene rings is 3. The highest BCUT2D eigenvalue weighted by molar-refractivity contribution is 7.14. The van der Waals surface area contributed by atoms with Gasteiger partial charge in [-0.15, -0.1) is 11.3 Å². The van der Waals surface area contributed by atoms with Crippen molar-refractivity contribution in [1.29, 1.82) is 0 Å². The first-order chi connectivity index (χ1) is 18.8. The largest absolute Gasteiger partial charge is 0.416 e. The van der Waals surface area contributed by atoms with Crippen LogP contribution in [0.5, 0.6) is 0 Å². The highest BCUT2D eigenvalue weighted by Gasteiger charge is 2.32. The van der Waals surface area contributed by atoms with Gasteiger partial charge in [-0.05, 0) is 66.8 Å². The minimum atomic E-state index is -4.37. The van der Waals surface area contributed by atoms with E-state index in [1.165, 1.54) is 48.4 Å². The van der Waals surface area contributed by atoms with Crippen molar-refractivity contribution in [3.63, 3.8) is 0 Å². The summed E-state index contributed by atoms with van der Waals surface area (Å²) in [5, 5.41) is 10.1. The smallest absolute Gasteiger partial charge is 0.372 e. The zero-order valence-electron chi connectivity index (χ0n) is 21.0. The summed E-state index contributed by atoms with van der Waals surface area (Å²) in [6.45, 7) is 2.19. The van der Waals surface area contributed by atoms with Crippen molar-refractivity contribution >= 4 is 39.5 Å². The number of rotatable bonds is 5. The van der Waals surface area contributed by atoms with Gasteiger partial charge < -0.3 is 4.90 Å². The monoisotopic (exact) mass is 566 g/mol. The maximum Gasteiger partial charge on any atom is 0.416 e. The van der Waals surface area contributed by atoms with Crippen molar-refractivity contribution in [3.05, 3.63) is 99.9 Å². The fraction of sp³-hybridized carbons (Fsp3) is 0.267. The van der Waals surface area contributed by atoms with Gasteiger partial charge in [-0.1, -0.05) is 48.0 Å². The quantitative estimate of drug-likeness (QED) is 0.242. The van der Waals surface area contributed by atoms with E-state index in [1.54, 1.807) is 0 Å². The Hall–Kier alpha value is -3.36. The lowest BCUT2D eigenvalue weighted by Crippen LogP contribution is -2.29. The van der Waals surface area contributed by atoms with E-state index in [0.29, 0.717) is 27.8 Å². The van der Waals surface area contributed by atoms with Gasteiger partial charge in [0.25, 0.3) is 0 Å². The molecule has 0 N–H and O–H groups in total. The van der Waals surface area contributed by atoms with Gasteiger partial charge in [-0.25, -0.2) is 9.99 Å². The molecule has 1 saturated heterocycles. The molecule has 4 nitrogen and oxygen atoms in total. The van der Waals surface area contributed by atoms with Crippen LogP contribution in [0.3, 0.4) is 0 Å². The van der Waals surface area contributed by atoms with Gasteiger partial charge in [0.1, 0.15) is 0 Å². The van der Waals surface area contributed by atoms with Crippen LogP contribution in [0.2, 0.25) is 5.02 Å². The lowest BCUT2D eigenvalue weighted by molar-refractivity contribution is -0.137. The van der Waals surface area contributed by atoms with E-state index in [0.717, 1.165) is 42.1 Å². The van der Waals surface area contributed by atoms with Crippen LogP contribution < -0.4 is 9.91 Å². The predicted octanol–water partition coefficient (Wildman–Crippen LogP) is 8.83. The predicted molar refractivity (Wildman–Crippen MR) is 153 cm³/mol. The van der Waals surface area contributed by atoms with E-state index in [2.05, 4.69) is 29.2 Å². The average molecular weight is 567 g/mol. The van der Waals surface area contributed by atoms with E-state index in [4.69, 9.17) is 21.7 Å². The summed E-state index contributed by atoms with van der Waals surface area (Å²) in [6, 6.07) is 21.4. The minimum absolute atomic E-state index is 0.0781. The van der Waals surface area contributed by atoms with Crippen LogP contribution in [0.4, 0.5) is 24.0 Å². The number of anilines is 2. The normalized spacial score (nSPS) is 17.9. The Morgan fingerprint density at radius 3 is 2.15 bits per heavy atom. The van der Waals surface area contributed by atoms with Gasteiger partial charge in [0.05, 0.1) is 23.0 Å². The molecule has 0 radical (unpaired) electrons. The summed E-state index contributed by atoms with van der Waals surface area (Å²) in [5.74, 6) is 0. The van der Waals surface area contributed by atoms with Crippen LogP contribution >= 0.6 is 22.9 Å². The van der Waals surface area contributed by atoms with Crippen LogP contribution in [0.25, 0.3) is 11.3 Å². The zero-order valence-corrected chi connectivity index (χ0v) is 22.6. The summed E-state index contributed by atoms with van der Waals surface area (Å²) in [7, 11) is 0. The molecule has 0 bridgehead atoms. The Morgan fingerprint density at radius 2 is 1.49 bits per heavy atom. The van der Waals surface area contributed by atoms with E-state index in [9.17, 15) is 13.2 Å². The van der Waals surface area contributed by atoms with Crippen molar-refractivity contribution in [2.75, 3.05) is 23.0 Å². The molecule has 1 aromatic heterocycles. The molecule has 0 amide bonds. The molecule has 4 aromatic rings. The number of thiazole rings is 1. The van der Waals surface area contributed by atoms with E-state index < -0.39 is 11.7 Å². The molecular formula is C30H26ClF3N4S. The second-order valence-corrected chi connectivity index (χ2v) is 11.1. The number of halogens is 4. The maximum absolute atomic E-state index is 13.0. The van der Waals surface area contributed by atoms with Crippen molar-refractivity contribution in [2.45, 2.75) is 37.9 Å². The van der Waals surface area contributed by atoms with Crippen LogP contribution in [0.15, 0.2) is 83.3 Å². The molecule has 0 saturated carbocycles. The third-order valence-electron chi connectivity index (χ3n) is 7.28. The minimum Gasteiger partial charge on any atom is -0.372 e. The van der Waals surface area contributed by atoms with E-state index in [1.807, 2.05) is 34.7 Å². The van der Waals surface area contributed by atoms with Gasteiger partial charge in [0, 0.05) is 41.2 Å². The lowest BCUT2D eigenvalue weighted by Gasteiger charge is -2.28. The Bertz CT molecular complexity index is 1460. The lowest BCUT2D eigenvalue weighted by atomic mass is 9.98. The molecule has 3 heterocycles. The van der Waals surface area contributed by atoms with Gasteiger partial charge in [0.15, 0.2) is 0 Å². The summed E-state index contributed by atoms with van der Waals surface area (Å²) in [4.78, 5) is 7.21. The standard InChI is InChI=1S/C30H26ClF3N4S/c31-24-12-6-22(7-13-24)28-18-26(20-8-14-25(15-9-20)37-16-2-1-3-17-37)36-38(28)29-35-27(19-39-29)21-4-10-23(11-5-21)30(32,33)34/h4-15,19,28H,1-3,16-18H2. The molecule has 6 rings (SSSR count). The second-order valence-electron chi connectivity index (χ2n) is 9.85.